The van der Waals surface area contributed by atoms with E-state index in [1.807, 2.05) is 0 Å². The lowest BCUT2D eigenvalue weighted by Crippen LogP contribution is -2.09. The zero-order chi connectivity index (χ0) is 21.6. The normalized spacial score (nSPS) is 12.4. The van der Waals surface area contributed by atoms with Crippen LogP contribution in [0.4, 0.5) is 17.1 Å². The molecular formula is C30H29N. The largest absolute Gasteiger partial charge is 0.311 e. The van der Waals surface area contributed by atoms with Gasteiger partial charge in [0.15, 0.2) is 0 Å². The van der Waals surface area contributed by atoms with Crippen molar-refractivity contribution < 1.29 is 0 Å². The van der Waals surface area contributed by atoms with Gasteiger partial charge in [-0.15, -0.1) is 0 Å². The van der Waals surface area contributed by atoms with Gasteiger partial charge in [0.1, 0.15) is 0 Å². The molecule has 0 fully saturated rings. The van der Waals surface area contributed by atoms with Crippen LogP contribution in [0.25, 0.3) is 5.57 Å². The molecule has 4 aromatic carbocycles. The van der Waals surface area contributed by atoms with E-state index >= 15 is 0 Å². The molecule has 0 saturated carbocycles. The number of aryl methyl sites for hydroxylation is 1. The third-order valence-corrected chi connectivity index (χ3v) is 5.92. The number of para-hydroxylation sites is 2. The lowest BCUT2D eigenvalue weighted by atomic mass is 9.86. The minimum Gasteiger partial charge on any atom is -0.311 e. The van der Waals surface area contributed by atoms with E-state index in [0.29, 0.717) is 5.92 Å². The molecule has 0 saturated heterocycles. The molecule has 154 valence electrons. The van der Waals surface area contributed by atoms with Crippen LogP contribution in [0.5, 0.6) is 0 Å². The highest BCUT2D eigenvalue weighted by Gasteiger charge is 2.16. The molecule has 0 amide bonds. The standard InChI is InChI=1S/C30H29N/c1-4-29(24(3)30-18-12-11-13-23(30)2)25-19-21-28(22-20-25)31(26-14-7-5-8-15-26)27-16-9-6-10-17-27/h4-22,24H,1-3H3. The van der Waals surface area contributed by atoms with Gasteiger partial charge in [-0.25, -0.2) is 0 Å². The first kappa shape index (κ1) is 20.7. The van der Waals surface area contributed by atoms with E-state index in [0.717, 1.165) is 17.1 Å². The summed E-state index contributed by atoms with van der Waals surface area (Å²) in [4.78, 5) is 2.30. The van der Waals surface area contributed by atoms with Gasteiger partial charge in [0.2, 0.25) is 0 Å². The molecule has 0 aliphatic rings. The van der Waals surface area contributed by atoms with Gasteiger partial charge in [-0.1, -0.05) is 85.8 Å². The van der Waals surface area contributed by atoms with E-state index in [1.54, 1.807) is 0 Å². The summed E-state index contributed by atoms with van der Waals surface area (Å²) in [7, 11) is 0. The summed E-state index contributed by atoms with van der Waals surface area (Å²) in [6.45, 7) is 6.63. The molecule has 0 heterocycles. The molecule has 1 unspecified atom stereocenters. The summed E-state index contributed by atoms with van der Waals surface area (Å²) in [6.07, 6.45) is 2.25. The number of allylic oxidation sites excluding steroid dienone is 2. The third kappa shape index (κ3) is 4.46. The Morgan fingerprint density at radius 3 is 1.65 bits per heavy atom. The molecular weight excluding hydrogens is 374 g/mol. The van der Waals surface area contributed by atoms with Crippen LogP contribution in [0.2, 0.25) is 0 Å². The van der Waals surface area contributed by atoms with Crippen LogP contribution in [0.3, 0.4) is 0 Å². The van der Waals surface area contributed by atoms with Gasteiger partial charge in [0.25, 0.3) is 0 Å². The zero-order valence-corrected chi connectivity index (χ0v) is 18.5. The lowest BCUT2D eigenvalue weighted by Gasteiger charge is -2.26. The smallest absolute Gasteiger partial charge is 0.0462 e. The van der Waals surface area contributed by atoms with Crippen LogP contribution in [0.1, 0.15) is 36.5 Å². The van der Waals surface area contributed by atoms with Crippen molar-refractivity contribution >= 4 is 22.6 Å². The molecule has 0 spiro atoms. The molecule has 4 rings (SSSR count). The van der Waals surface area contributed by atoms with Crippen molar-refractivity contribution in [2.75, 3.05) is 4.90 Å². The van der Waals surface area contributed by atoms with Crippen LogP contribution in [-0.4, -0.2) is 0 Å². The van der Waals surface area contributed by atoms with E-state index in [4.69, 9.17) is 0 Å². The third-order valence-electron chi connectivity index (χ3n) is 5.92. The lowest BCUT2D eigenvalue weighted by molar-refractivity contribution is 0.971. The quantitative estimate of drug-likeness (QED) is 0.311. The molecule has 1 nitrogen and oxygen atoms in total. The van der Waals surface area contributed by atoms with Crippen LogP contribution < -0.4 is 4.90 Å². The van der Waals surface area contributed by atoms with E-state index in [2.05, 4.69) is 141 Å². The van der Waals surface area contributed by atoms with E-state index in [-0.39, 0.29) is 0 Å². The van der Waals surface area contributed by atoms with E-state index in [1.165, 1.54) is 22.3 Å². The van der Waals surface area contributed by atoms with E-state index in [9.17, 15) is 0 Å². The zero-order valence-electron chi connectivity index (χ0n) is 18.5. The van der Waals surface area contributed by atoms with Crippen molar-refractivity contribution in [3.8, 4) is 0 Å². The van der Waals surface area contributed by atoms with E-state index < -0.39 is 0 Å². The molecule has 4 aromatic rings. The monoisotopic (exact) mass is 403 g/mol. The predicted octanol–water partition coefficient (Wildman–Crippen LogP) is 8.67. The van der Waals surface area contributed by atoms with Crippen LogP contribution in [-0.2, 0) is 0 Å². The van der Waals surface area contributed by atoms with Crippen molar-refractivity contribution in [3.63, 3.8) is 0 Å². The van der Waals surface area contributed by atoms with Crippen molar-refractivity contribution in [1.29, 1.82) is 0 Å². The molecule has 0 aliphatic carbocycles. The van der Waals surface area contributed by atoms with Gasteiger partial charge in [0.05, 0.1) is 0 Å². The molecule has 1 atom stereocenters. The molecule has 0 aliphatic heterocycles. The number of hydrogen-bond donors (Lipinski definition) is 0. The molecule has 0 aromatic heterocycles. The Kier molecular flexibility index (Phi) is 6.33. The van der Waals surface area contributed by atoms with Gasteiger partial charge in [-0.05, 0) is 72.5 Å². The number of nitrogens with zero attached hydrogens (tertiary/aromatic N) is 1. The summed E-state index contributed by atoms with van der Waals surface area (Å²) < 4.78 is 0. The summed E-state index contributed by atoms with van der Waals surface area (Å²) in [5, 5.41) is 0. The highest BCUT2D eigenvalue weighted by molar-refractivity contribution is 5.79. The predicted molar refractivity (Wildman–Crippen MR) is 134 cm³/mol. The molecule has 1 heteroatoms. The van der Waals surface area contributed by atoms with Crippen molar-refractivity contribution in [2.24, 2.45) is 0 Å². The van der Waals surface area contributed by atoms with Gasteiger partial charge in [0, 0.05) is 23.0 Å². The Hall–Kier alpha value is -3.58. The summed E-state index contributed by atoms with van der Waals surface area (Å²) >= 11 is 0. The minimum absolute atomic E-state index is 0.344. The van der Waals surface area contributed by atoms with Crippen LogP contribution in [0.15, 0.2) is 115 Å². The highest BCUT2D eigenvalue weighted by atomic mass is 15.1. The SMILES string of the molecule is CC=C(c1ccc(N(c2ccccc2)c2ccccc2)cc1)C(C)c1ccccc1C. The second kappa shape index (κ2) is 9.49. The van der Waals surface area contributed by atoms with Crippen molar-refractivity contribution in [3.05, 3.63) is 132 Å². The number of hydrogen-bond acceptors (Lipinski definition) is 1. The number of anilines is 3. The summed E-state index contributed by atoms with van der Waals surface area (Å²) in [6, 6.07) is 38.7. The Labute approximate surface area is 186 Å². The van der Waals surface area contributed by atoms with Crippen LogP contribution >= 0.6 is 0 Å². The molecule has 0 N–H and O–H groups in total. The second-order valence-corrected chi connectivity index (χ2v) is 7.88. The fourth-order valence-corrected chi connectivity index (χ4v) is 4.31. The van der Waals surface area contributed by atoms with Crippen molar-refractivity contribution in [1.82, 2.24) is 0 Å². The molecule has 0 radical (unpaired) electrons. The maximum absolute atomic E-state index is 2.30. The highest BCUT2D eigenvalue weighted by Crippen LogP contribution is 2.37. The maximum Gasteiger partial charge on any atom is 0.0462 e. The number of rotatable bonds is 6. The Morgan fingerprint density at radius 1 is 0.645 bits per heavy atom. The fourth-order valence-electron chi connectivity index (χ4n) is 4.31. The Balaban J connectivity index is 1.69. The van der Waals surface area contributed by atoms with Gasteiger partial charge in [-0.3, -0.25) is 0 Å². The Morgan fingerprint density at radius 2 is 1.13 bits per heavy atom. The first-order valence-electron chi connectivity index (χ1n) is 10.9. The average molecular weight is 404 g/mol. The molecule has 31 heavy (non-hydrogen) atoms. The van der Waals surface area contributed by atoms with Gasteiger partial charge < -0.3 is 4.90 Å². The van der Waals surface area contributed by atoms with Crippen LogP contribution in [0, 0.1) is 6.92 Å². The van der Waals surface area contributed by atoms with Gasteiger partial charge in [-0.2, -0.15) is 0 Å². The maximum atomic E-state index is 2.30. The fraction of sp³-hybridized carbons (Fsp3) is 0.133. The average Bonchev–Trinajstić information content (AvgIpc) is 2.82. The minimum atomic E-state index is 0.344. The Bertz CT molecular complexity index is 1100. The first-order valence-corrected chi connectivity index (χ1v) is 10.9. The topological polar surface area (TPSA) is 3.24 Å². The first-order chi connectivity index (χ1) is 15.2. The van der Waals surface area contributed by atoms with Gasteiger partial charge >= 0.3 is 0 Å². The summed E-state index contributed by atoms with van der Waals surface area (Å²) in [5.41, 5.74) is 8.80. The molecule has 0 bridgehead atoms. The number of benzene rings is 4. The van der Waals surface area contributed by atoms with Crippen molar-refractivity contribution in [2.45, 2.75) is 26.7 Å². The second-order valence-electron chi connectivity index (χ2n) is 7.88. The summed E-state index contributed by atoms with van der Waals surface area (Å²) in [5.74, 6) is 0.344.